The Bertz CT molecular complexity index is 573. The van der Waals surface area contributed by atoms with E-state index in [2.05, 4.69) is 15.3 Å². The van der Waals surface area contributed by atoms with Crippen LogP contribution in [0.2, 0.25) is 5.02 Å². The van der Waals surface area contributed by atoms with E-state index in [1.807, 2.05) is 45.2 Å². The van der Waals surface area contributed by atoms with E-state index >= 15 is 0 Å². The molecule has 1 heterocycles. The average Bonchev–Trinajstić information content (AvgIpc) is 2.42. The van der Waals surface area contributed by atoms with Crippen LogP contribution in [-0.2, 0) is 6.42 Å². The third kappa shape index (κ3) is 3.35. The number of rotatable bonds is 5. The number of halogens is 1. The van der Waals surface area contributed by atoms with Gasteiger partial charge in [-0.25, -0.2) is 9.97 Å². The topological polar surface area (TPSA) is 37.8 Å². The predicted octanol–water partition coefficient (Wildman–Crippen LogP) is 3.57. The van der Waals surface area contributed by atoms with Crippen LogP contribution in [0.1, 0.15) is 23.4 Å². The zero-order chi connectivity index (χ0) is 14.5. The molecule has 0 aliphatic rings. The number of benzene rings is 1. The van der Waals surface area contributed by atoms with Crippen molar-refractivity contribution in [3.8, 4) is 11.4 Å². The average molecular weight is 290 g/mol. The number of hydrogen-bond donors (Lipinski definition) is 1. The van der Waals surface area contributed by atoms with Crippen molar-refractivity contribution in [3.05, 3.63) is 46.2 Å². The summed E-state index contributed by atoms with van der Waals surface area (Å²) in [4.78, 5) is 9.26. The molecular formula is C16H20ClN3. The van der Waals surface area contributed by atoms with Gasteiger partial charge in [-0.15, -0.1) is 0 Å². The van der Waals surface area contributed by atoms with Crippen LogP contribution in [-0.4, -0.2) is 23.6 Å². The van der Waals surface area contributed by atoms with Crippen molar-refractivity contribution < 1.29 is 0 Å². The molecule has 0 bridgehead atoms. The van der Waals surface area contributed by atoms with Gasteiger partial charge in [0.15, 0.2) is 5.82 Å². The first-order valence-corrected chi connectivity index (χ1v) is 7.25. The Labute approximate surface area is 125 Å². The molecule has 1 aromatic carbocycles. The summed E-state index contributed by atoms with van der Waals surface area (Å²) in [5.74, 6) is 0.711. The summed E-state index contributed by atoms with van der Waals surface area (Å²) in [6, 6.07) is 7.69. The molecule has 0 saturated heterocycles. The van der Waals surface area contributed by atoms with E-state index in [4.69, 9.17) is 11.6 Å². The fraction of sp³-hybridized carbons (Fsp3) is 0.375. The Morgan fingerprint density at radius 3 is 2.35 bits per heavy atom. The molecule has 106 valence electrons. The van der Waals surface area contributed by atoms with Crippen molar-refractivity contribution in [3.63, 3.8) is 0 Å². The maximum absolute atomic E-state index is 6.22. The van der Waals surface area contributed by atoms with Crippen LogP contribution in [0, 0.1) is 13.8 Å². The van der Waals surface area contributed by atoms with Crippen molar-refractivity contribution in [2.45, 2.75) is 26.7 Å². The highest BCUT2D eigenvalue weighted by molar-refractivity contribution is 6.33. The number of aryl methyl sites for hydroxylation is 2. The van der Waals surface area contributed by atoms with Crippen molar-refractivity contribution in [2.24, 2.45) is 0 Å². The smallest absolute Gasteiger partial charge is 0.161 e. The van der Waals surface area contributed by atoms with Crippen LogP contribution in [0.25, 0.3) is 11.4 Å². The second kappa shape index (κ2) is 6.82. The van der Waals surface area contributed by atoms with Crippen molar-refractivity contribution >= 4 is 11.6 Å². The standard InChI is InChI=1S/C16H20ClN3/c1-11-13(8-6-10-18-3)12(2)20-16(19-11)14-7-4-5-9-15(14)17/h4-5,7,9,18H,6,8,10H2,1-3H3. The van der Waals surface area contributed by atoms with Crippen LogP contribution in [0.15, 0.2) is 24.3 Å². The second-order valence-corrected chi connectivity index (χ2v) is 5.29. The van der Waals surface area contributed by atoms with Gasteiger partial charge in [-0.2, -0.15) is 0 Å². The quantitative estimate of drug-likeness (QED) is 0.855. The first-order chi connectivity index (χ1) is 9.63. The summed E-state index contributed by atoms with van der Waals surface area (Å²) >= 11 is 6.22. The minimum atomic E-state index is 0.689. The maximum atomic E-state index is 6.22. The van der Waals surface area contributed by atoms with Gasteiger partial charge in [-0.05, 0) is 58.0 Å². The fourth-order valence-corrected chi connectivity index (χ4v) is 2.53. The van der Waals surface area contributed by atoms with Gasteiger partial charge in [-0.1, -0.05) is 23.7 Å². The highest BCUT2D eigenvalue weighted by Gasteiger charge is 2.11. The van der Waals surface area contributed by atoms with E-state index in [9.17, 15) is 0 Å². The molecule has 3 nitrogen and oxygen atoms in total. The molecule has 0 spiro atoms. The second-order valence-electron chi connectivity index (χ2n) is 4.88. The van der Waals surface area contributed by atoms with Crippen LogP contribution in [0.3, 0.4) is 0 Å². The van der Waals surface area contributed by atoms with Gasteiger partial charge < -0.3 is 5.32 Å². The zero-order valence-electron chi connectivity index (χ0n) is 12.2. The maximum Gasteiger partial charge on any atom is 0.161 e. The molecule has 1 N–H and O–H groups in total. The molecule has 0 unspecified atom stereocenters. The first kappa shape index (κ1) is 14.9. The Morgan fingerprint density at radius 2 is 1.75 bits per heavy atom. The van der Waals surface area contributed by atoms with Crippen molar-refractivity contribution in [1.82, 2.24) is 15.3 Å². The Kier molecular flexibility index (Phi) is 5.10. The molecule has 20 heavy (non-hydrogen) atoms. The predicted molar refractivity (Wildman–Crippen MR) is 84.2 cm³/mol. The molecule has 0 aliphatic carbocycles. The van der Waals surface area contributed by atoms with Gasteiger partial charge in [-0.3, -0.25) is 0 Å². The largest absolute Gasteiger partial charge is 0.320 e. The summed E-state index contributed by atoms with van der Waals surface area (Å²) in [5.41, 5.74) is 4.23. The molecule has 2 rings (SSSR count). The normalized spacial score (nSPS) is 10.8. The first-order valence-electron chi connectivity index (χ1n) is 6.87. The van der Waals surface area contributed by atoms with Crippen LogP contribution in [0.4, 0.5) is 0 Å². The minimum absolute atomic E-state index is 0.689. The molecule has 2 aromatic rings. The van der Waals surface area contributed by atoms with Crippen molar-refractivity contribution in [2.75, 3.05) is 13.6 Å². The monoisotopic (exact) mass is 289 g/mol. The molecule has 0 saturated carbocycles. The van der Waals surface area contributed by atoms with E-state index in [-0.39, 0.29) is 0 Å². The van der Waals surface area contributed by atoms with Crippen LogP contribution >= 0.6 is 11.6 Å². The molecular weight excluding hydrogens is 270 g/mol. The zero-order valence-corrected chi connectivity index (χ0v) is 13.0. The molecule has 0 radical (unpaired) electrons. The Hall–Kier alpha value is -1.45. The van der Waals surface area contributed by atoms with E-state index in [0.717, 1.165) is 36.3 Å². The summed E-state index contributed by atoms with van der Waals surface area (Å²) < 4.78 is 0. The van der Waals surface area contributed by atoms with E-state index in [0.29, 0.717) is 10.8 Å². The third-order valence-corrected chi connectivity index (χ3v) is 3.72. The fourth-order valence-electron chi connectivity index (χ4n) is 2.31. The van der Waals surface area contributed by atoms with Gasteiger partial charge in [0.25, 0.3) is 0 Å². The lowest BCUT2D eigenvalue weighted by atomic mass is 10.1. The summed E-state index contributed by atoms with van der Waals surface area (Å²) in [5, 5.41) is 3.85. The minimum Gasteiger partial charge on any atom is -0.320 e. The number of aromatic nitrogens is 2. The third-order valence-electron chi connectivity index (χ3n) is 3.39. The van der Waals surface area contributed by atoms with E-state index in [1.165, 1.54) is 5.56 Å². The van der Waals surface area contributed by atoms with Gasteiger partial charge >= 0.3 is 0 Å². The lowest BCUT2D eigenvalue weighted by Crippen LogP contribution is -2.10. The van der Waals surface area contributed by atoms with Gasteiger partial charge in [0.05, 0.1) is 5.02 Å². The van der Waals surface area contributed by atoms with E-state index in [1.54, 1.807) is 0 Å². The SMILES string of the molecule is CNCCCc1c(C)nc(-c2ccccc2Cl)nc1C. The number of hydrogen-bond acceptors (Lipinski definition) is 3. The van der Waals surface area contributed by atoms with Crippen LogP contribution in [0.5, 0.6) is 0 Å². The Balaban J connectivity index is 2.33. The highest BCUT2D eigenvalue weighted by Crippen LogP contribution is 2.26. The summed E-state index contributed by atoms with van der Waals surface area (Å²) in [6.07, 6.45) is 2.09. The summed E-state index contributed by atoms with van der Waals surface area (Å²) in [6.45, 7) is 5.10. The molecule has 0 aliphatic heterocycles. The highest BCUT2D eigenvalue weighted by atomic mass is 35.5. The number of nitrogens with one attached hydrogen (secondary N) is 1. The van der Waals surface area contributed by atoms with Crippen molar-refractivity contribution in [1.29, 1.82) is 0 Å². The molecule has 1 aromatic heterocycles. The lowest BCUT2D eigenvalue weighted by Gasteiger charge is -2.11. The summed E-state index contributed by atoms with van der Waals surface area (Å²) in [7, 11) is 1.97. The molecule has 0 amide bonds. The van der Waals surface area contributed by atoms with E-state index < -0.39 is 0 Å². The Morgan fingerprint density at radius 1 is 1.10 bits per heavy atom. The van der Waals surface area contributed by atoms with Gasteiger partial charge in [0.2, 0.25) is 0 Å². The molecule has 4 heteroatoms. The number of nitrogens with zero attached hydrogens (tertiary/aromatic N) is 2. The molecule has 0 fully saturated rings. The van der Waals surface area contributed by atoms with Gasteiger partial charge in [0, 0.05) is 17.0 Å². The van der Waals surface area contributed by atoms with Gasteiger partial charge in [0.1, 0.15) is 0 Å². The lowest BCUT2D eigenvalue weighted by molar-refractivity contribution is 0.715. The molecule has 0 atom stereocenters. The van der Waals surface area contributed by atoms with Crippen LogP contribution < -0.4 is 5.32 Å².